The maximum absolute atomic E-state index is 9.42. The van der Waals surface area contributed by atoms with E-state index in [0.717, 1.165) is 10.9 Å². The van der Waals surface area contributed by atoms with Crippen molar-refractivity contribution >= 4 is 10.9 Å². The number of hydrogen-bond acceptors (Lipinski definition) is 2. The SMILES string of the molecule is COn1cc(O)c2ccccc21. The second-order valence-corrected chi connectivity index (χ2v) is 2.54. The number of hydrogen-bond donors (Lipinski definition) is 1. The molecule has 2 rings (SSSR count). The molecule has 0 saturated heterocycles. The Bertz CT molecular complexity index is 406. The highest BCUT2D eigenvalue weighted by Crippen LogP contribution is 2.25. The van der Waals surface area contributed by atoms with Gasteiger partial charge in [-0.1, -0.05) is 12.1 Å². The van der Waals surface area contributed by atoms with Crippen molar-refractivity contribution in [2.45, 2.75) is 0 Å². The molecule has 3 heteroatoms. The predicted molar refractivity (Wildman–Crippen MR) is 46.1 cm³/mol. The summed E-state index contributed by atoms with van der Waals surface area (Å²) in [6, 6.07) is 7.51. The molecule has 0 aliphatic carbocycles. The zero-order valence-electron chi connectivity index (χ0n) is 6.69. The maximum atomic E-state index is 9.42. The van der Waals surface area contributed by atoms with Crippen LogP contribution in [0.4, 0.5) is 0 Å². The zero-order valence-corrected chi connectivity index (χ0v) is 6.69. The first kappa shape index (κ1) is 7.03. The lowest BCUT2D eigenvalue weighted by Crippen LogP contribution is -2.02. The largest absolute Gasteiger partial charge is 0.506 e. The van der Waals surface area contributed by atoms with Crippen molar-refractivity contribution < 1.29 is 9.94 Å². The van der Waals surface area contributed by atoms with Crippen molar-refractivity contribution in [3.63, 3.8) is 0 Å². The summed E-state index contributed by atoms with van der Waals surface area (Å²) < 4.78 is 1.53. The first-order valence-electron chi connectivity index (χ1n) is 3.66. The van der Waals surface area contributed by atoms with Crippen LogP contribution in [0.15, 0.2) is 30.5 Å². The number of fused-ring (bicyclic) bond motifs is 1. The van der Waals surface area contributed by atoms with Gasteiger partial charge in [0.05, 0.1) is 11.7 Å². The molecule has 1 N–H and O–H groups in total. The average molecular weight is 163 g/mol. The molecule has 1 heterocycles. The minimum atomic E-state index is 0.243. The molecule has 0 unspecified atom stereocenters. The number of rotatable bonds is 1. The van der Waals surface area contributed by atoms with Crippen molar-refractivity contribution in [2.24, 2.45) is 0 Å². The van der Waals surface area contributed by atoms with Crippen LogP contribution < -0.4 is 4.84 Å². The number of para-hydroxylation sites is 1. The summed E-state index contributed by atoms with van der Waals surface area (Å²) in [5.41, 5.74) is 0.873. The fourth-order valence-corrected chi connectivity index (χ4v) is 1.28. The van der Waals surface area contributed by atoms with Gasteiger partial charge in [-0.3, -0.25) is 0 Å². The van der Waals surface area contributed by atoms with E-state index in [0.29, 0.717) is 0 Å². The van der Waals surface area contributed by atoms with E-state index in [1.54, 1.807) is 13.3 Å². The number of aromatic nitrogens is 1. The molecule has 0 spiro atoms. The molecule has 0 aliphatic heterocycles. The Kier molecular flexibility index (Phi) is 1.43. The van der Waals surface area contributed by atoms with Crippen LogP contribution in [-0.4, -0.2) is 16.9 Å². The first-order valence-corrected chi connectivity index (χ1v) is 3.66. The van der Waals surface area contributed by atoms with Crippen LogP contribution in [0, 0.1) is 0 Å². The molecular weight excluding hydrogens is 154 g/mol. The lowest BCUT2D eigenvalue weighted by atomic mass is 10.2. The summed E-state index contributed by atoms with van der Waals surface area (Å²) >= 11 is 0. The van der Waals surface area contributed by atoms with Crippen LogP contribution in [0.5, 0.6) is 5.75 Å². The summed E-state index contributed by atoms with van der Waals surface area (Å²) in [7, 11) is 1.56. The van der Waals surface area contributed by atoms with Crippen LogP contribution in [0.25, 0.3) is 10.9 Å². The van der Waals surface area contributed by atoms with Crippen LogP contribution >= 0.6 is 0 Å². The molecular formula is C9H9NO2. The Morgan fingerprint density at radius 3 is 2.83 bits per heavy atom. The first-order chi connectivity index (χ1) is 5.83. The minimum absolute atomic E-state index is 0.243. The van der Waals surface area contributed by atoms with E-state index in [1.165, 1.54) is 4.73 Å². The Balaban J connectivity index is 2.82. The van der Waals surface area contributed by atoms with Gasteiger partial charge < -0.3 is 9.94 Å². The Morgan fingerprint density at radius 1 is 1.33 bits per heavy atom. The van der Waals surface area contributed by atoms with Crippen molar-refractivity contribution in [2.75, 3.05) is 7.11 Å². The summed E-state index contributed by atoms with van der Waals surface area (Å²) in [5.74, 6) is 0.243. The highest BCUT2D eigenvalue weighted by atomic mass is 16.6. The standard InChI is InChI=1S/C9H9NO2/c1-12-10-6-9(11)7-4-2-3-5-8(7)10/h2-6,11H,1H3. The van der Waals surface area contributed by atoms with Gasteiger partial charge >= 0.3 is 0 Å². The quantitative estimate of drug-likeness (QED) is 0.689. The summed E-state index contributed by atoms with van der Waals surface area (Å²) in [6.45, 7) is 0. The van der Waals surface area contributed by atoms with Crippen LogP contribution in [0.1, 0.15) is 0 Å². The van der Waals surface area contributed by atoms with Gasteiger partial charge in [0.25, 0.3) is 0 Å². The average Bonchev–Trinajstić information content (AvgIpc) is 2.44. The molecule has 12 heavy (non-hydrogen) atoms. The minimum Gasteiger partial charge on any atom is -0.506 e. The second-order valence-electron chi connectivity index (χ2n) is 2.54. The fourth-order valence-electron chi connectivity index (χ4n) is 1.28. The van der Waals surface area contributed by atoms with E-state index in [4.69, 9.17) is 4.84 Å². The monoisotopic (exact) mass is 163 g/mol. The third kappa shape index (κ3) is 0.830. The molecule has 0 fully saturated rings. The van der Waals surface area contributed by atoms with E-state index in [2.05, 4.69) is 0 Å². The van der Waals surface area contributed by atoms with Crippen LogP contribution in [0.3, 0.4) is 0 Å². The number of aromatic hydroxyl groups is 1. The molecule has 62 valence electrons. The number of benzene rings is 1. The van der Waals surface area contributed by atoms with Crippen molar-refractivity contribution in [3.05, 3.63) is 30.5 Å². The van der Waals surface area contributed by atoms with E-state index in [9.17, 15) is 5.11 Å². The predicted octanol–water partition coefficient (Wildman–Crippen LogP) is 1.41. The van der Waals surface area contributed by atoms with Gasteiger partial charge in [-0.2, -0.15) is 4.73 Å². The molecule has 0 saturated carbocycles. The van der Waals surface area contributed by atoms with Gasteiger partial charge in [-0.15, -0.1) is 0 Å². The zero-order chi connectivity index (χ0) is 8.55. The smallest absolute Gasteiger partial charge is 0.144 e. The topological polar surface area (TPSA) is 34.4 Å². The van der Waals surface area contributed by atoms with Gasteiger partial charge in [0.2, 0.25) is 0 Å². The highest BCUT2D eigenvalue weighted by Gasteiger charge is 2.05. The van der Waals surface area contributed by atoms with Gasteiger partial charge in [0, 0.05) is 5.39 Å². The van der Waals surface area contributed by atoms with Gasteiger partial charge in [0.15, 0.2) is 0 Å². The third-order valence-electron chi connectivity index (χ3n) is 1.85. The van der Waals surface area contributed by atoms with Gasteiger partial charge in [-0.25, -0.2) is 0 Å². The molecule has 3 nitrogen and oxygen atoms in total. The molecule has 1 aromatic carbocycles. The lowest BCUT2D eigenvalue weighted by molar-refractivity contribution is 0.177. The van der Waals surface area contributed by atoms with Crippen LogP contribution in [0.2, 0.25) is 0 Å². The Labute approximate surface area is 69.8 Å². The lowest BCUT2D eigenvalue weighted by Gasteiger charge is -1.99. The molecule has 0 aliphatic rings. The Hall–Kier alpha value is -1.64. The summed E-state index contributed by atoms with van der Waals surface area (Å²) in [5, 5.41) is 10.2. The van der Waals surface area contributed by atoms with Crippen molar-refractivity contribution in [1.29, 1.82) is 0 Å². The fraction of sp³-hybridized carbons (Fsp3) is 0.111. The van der Waals surface area contributed by atoms with Crippen molar-refractivity contribution in [1.82, 2.24) is 4.73 Å². The van der Waals surface area contributed by atoms with E-state index in [1.807, 2.05) is 24.3 Å². The van der Waals surface area contributed by atoms with Crippen molar-refractivity contribution in [3.8, 4) is 5.75 Å². The van der Waals surface area contributed by atoms with E-state index >= 15 is 0 Å². The molecule has 0 bridgehead atoms. The molecule has 0 amide bonds. The highest BCUT2D eigenvalue weighted by molar-refractivity contribution is 5.86. The van der Waals surface area contributed by atoms with E-state index < -0.39 is 0 Å². The van der Waals surface area contributed by atoms with Gasteiger partial charge in [-0.05, 0) is 12.1 Å². The second kappa shape index (κ2) is 2.44. The normalized spacial score (nSPS) is 10.4. The third-order valence-corrected chi connectivity index (χ3v) is 1.85. The molecule has 0 radical (unpaired) electrons. The summed E-state index contributed by atoms with van der Waals surface area (Å²) in [4.78, 5) is 5.00. The maximum Gasteiger partial charge on any atom is 0.144 e. The molecule has 2 aromatic rings. The summed E-state index contributed by atoms with van der Waals surface area (Å²) in [6.07, 6.45) is 1.55. The van der Waals surface area contributed by atoms with Gasteiger partial charge in [0.1, 0.15) is 12.9 Å². The molecule has 0 atom stereocenters. The number of nitrogens with zero attached hydrogens (tertiary/aromatic N) is 1. The van der Waals surface area contributed by atoms with Crippen LogP contribution in [-0.2, 0) is 0 Å². The Morgan fingerprint density at radius 2 is 2.08 bits per heavy atom. The van der Waals surface area contributed by atoms with E-state index in [-0.39, 0.29) is 5.75 Å². The molecule has 1 aromatic heterocycles.